The molecule has 0 saturated heterocycles. The summed E-state index contributed by atoms with van der Waals surface area (Å²) in [6.45, 7) is 4.90. The van der Waals surface area contributed by atoms with Gasteiger partial charge in [0.1, 0.15) is 0 Å². The van der Waals surface area contributed by atoms with Crippen LogP contribution < -0.4 is 5.32 Å². The zero-order chi connectivity index (χ0) is 14.4. The summed E-state index contributed by atoms with van der Waals surface area (Å²) in [5, 5.41) is 3.29. The third-order valence-electron chi connectivity index (χ3n) is 3.00. The molecule has 0 atom stereocenters. The minimum Gasteiger partial charge on any atom is -0.462 e. The lowest BCUT2D eigenvalue weighted by Crippen LogP contribution is -2.06. The van der Waals surface area contributed by atoms with E-state index in [0.717, 1.165) is 11.3 Å². The predicted octanol–water partition coefficient (Wildman–Crippen LogP) is 3.18. The van der Waals surface area contributed by atoms with Gasteiger partial charge in [0.15, 0.2) is 0 Å². The van der Waals surface area contributed by atoms with Crippen LogP contribution in [0.15, 0.2) is 42.7 Å². The minimum atomic E-state index is -0.297. The van der Waals surface area contributed by atoms with Crippen LogP contribution in [0.3, 0.4) is 0 Å². The number of anilines is 1. The smallest absolute Gasteiger partial charge is 0.338 e. The Labute approximate surface area is 118 Å². The van der Waals surface area contributed by atoms with Crippen LogP contribution in [0, 0.1) is 6.92 Å². The highest BCUT2D eigenvalue weighted by atomic mass is 16.5. The highest BCUT2D eigenvalue weighted by molar-refractivity contribution is 5.90. The molecule has 0 aliphatic heterocycles. The quantitative estimate of drug-likeness (QED) is 0.848. The summed E-state index contributed by atoms with van der Waals surface area (Å²) in [7, 11) is 0. The maximum absolute atomic E-state index is 11.7. The zero-order valence-corrected chi connectivity index (χ0v) is 11.7. The Morgan fingerprint density at radius 2 is 2.20 bits per heavy atom. The normalized spacial score (nSPS) is 10.1. The molecule has 0 unspecified atom stereocenters. The molecule has 0 fully saturated rings. The molecular formula is C16H18N2O2. The SMILES string of the molecule is CCOC(=O)c1cccc(NCc2cnccc2C)c1. The van der Waals surface area contributed by atoms with Crippen LogP contribution >= 0.6 is 0 Å². The number of nitrogens with zero attached hydrogens (tertiary/aromatic N) is 1. The zero-order valence-electron chi connectivity index (χ0n) is 11.7. The fraction of sp³-hybridized carbons (Fsp3) is 0.250. The third-order valence-corrected chi connectivity index (χ3v) is 3.00. The van der Waals surface area contributed by atoms with Gasteiger partial charge in [-0.25, -0.2) is 4.79 Å². The van der Waals surface area contributed by atoms with Crippen molar-refractivity contribution < 1.29 is 9.53 Å². The number of ether oxygens (including phenoxy) is 1. The lowest BCUT2D eigenvalue weighted by atomic mass is 10.1. The number of esters is 1. The Balaban J connectivity index is 2.05. The highest BCUT2D eigenvalue weighted by Crippen LogP contribution is 2.14. The average molecular weight is 270 g/mol. The number of aryl methyl sites for hydroxylation is 1. The fourth-order valence-electron chi connectivity index (χ4n) is 1.85. The molecule has 2 aromatic rings. The van der Waals surface area contributed by atoms with Gasteiger partial charge in [0.2, 0.25) is 0 Å². The number of hydrogen-bond acceptors (Lipinski definition) is 4. The molecule has 1 aromatic carbocycles. The largest absolute Gasteiger partial charge is 0.462 e. The van der Waals surface area contributed by atoms with E-state index in [1.54, 1.807) is 25.3 Å². The second-order valence-electron chi connectivity index (χ2n) is 4.46. The number of nitrogens with one attached hydrogen (secondary N) is 1. The number of hydrogen-bond donors (Lipinski definition) is 1. The Morgan fingerprint density at radius 3 is 2.95 bits per heavy atom. The maximum atomic E-state index is 11.7. The van der Waals surface area contributed by atoms with E-state index < -0.39 is 0 Å². The number of benzene rings is 1. The van der Waals surface area contributed by atoms with Gasteiger partial charge in [0.25, 0.3) is 0 Å². The van der Waals surface area contributed by atoms with Crippen molar-refractivity contribution in [3.63, 3.8) is 0 Å². The van der Waals surface area contributed by atoms with Gasteiger partial charge in [0.05, 0.1) is 12.2 Å². The molecule has 0 spiro atoms. The molecule has 4 nitrogen and oxygen atoms in total. The third kappa shape index (κ3) is 3.57. The van der Waals surface area contributed by atoms with Crippen LogP contribution in [-0.4, -0.2) is 17.6 Å². The van der Waals surface area contributed by atoms with Crippen molar-refractivity contribution in [1.29, 1.82) is 0 Å². The van der Waals surface area contributed by atoms with Gasteiger partial charge < -0.3 is 10.1 Å². The second-order valence-corrected chi connectivity index (χ2v) is 4.46. The molecule has 4 heteroatoms. The number of aromatic nitrogens is 1. The first-order valence-corrected chi connectivity index (χ1v) is 6.61. The number of carbonyl (C=O) groups excluding carboxylic acids is 1. The summed E-state index contributed by atoms with van der Waals surface area (Å²) >= 11 is 0. The second kappa shape index (κ2) is 6.70. The monoisotopic (exact) mass is 270 g/mol. The molecule has 0 aliphatic carbocycles. The molecule has 20 heavy (non-hydrogen) atoms. The number of pyridine rings is 1. The molecule has 104 valence electrons. The van der Waals surface area contributed by atoms with E-state index in [1.807, 2.05) is 31.3 Å². The standard InChI is InChI=1S/C16H18N2O2/c1-3-20-16(19)13-5-4-6-15(9-13)18-11-14-10-17-8-7-12(14)2/h4-10,18H,3,11H2,1-2H3. The molecule has 1 heterocycles. The van der Waals surface area contributed by atoms with Gasteiger partial charge in [-0.2, -0.15) is 0 Å². The van der Waals surface area contributed by atoms with Crippen LogP contribution in [0.5, 0.6) is 0 Å². The molecule has 0 radical (unpaired) electrons. The predicted molar refractivity (Wildman–Crippen MR) is 78.7 cm³/mol. The molecule has 0 aliphatic rings. The fourth-order valence-corrected chi connectivity index (χ4v) is 1.85. The summed E-state index contributed by atoms with van der Waals surface area (Å²) in [5.74, 6) is -0.297. The van der Waals surface area contributed by atoms with E-state index in [1.165, 1.54) is 5.56 Å². The van der Waals surface area contributed by atoms with E-state index in [4.69, 9.17) is 4.74 Å². The van der Waals surface area contributed by atoms with Crippen molar-refractivity contribution in [2.24, 2.45) is 0 Å². The van der Waals surface area contributed by atoms with Crippen LogP contribution in [0.2, 0.25) is 0 Å². The molecule has 2 rings (SSSR count). The maximum Gasteiger partial charge on any atom is 0.338 e. The van der Waals surface area contributed by atoms with Crippen molar-refractivity contribution in [2.75, 3.05) is 11.9 Å². The van der Waals surface area contributed by atoms with Gasteiger partial charge in [-0.3, -0.25) is 4.98 Å². The average Bonchev–Trinajstić information content (AvgIpc) is 2.47. The van der Waals surface area contributed by atoms with Crippen molar-refractivity contribution >= 4 is 11.7 Å². The summed E-state index contributed by atoms with van der Waals surface area (Å²) < 4.78 is 4.99. The molecule has 0 amide bonds. The Kier molecular flexibility index (Phi) is 4.71. The number of carbonyl (C=O) groups is 1. The topological polar surface area (TPSA) is 51.2 Å². The van der Waals surface area contributed by atoms with Crippen molar-refractivity contribution in [3.8, 4) is 0 Å². The van der Waals surface area contributed by atoms with E-state index in [-0.39, 0.29) is 5.97 Å². The first-order valence-electron chi connectivity index (χ1n) is 6.61. The lowest BCUT2D eigenvalue weighted by Gasteiger charge is -2.09. The van der Waals surface area contributed by atoms with Gasteiger partial charge >= 0.3 is 5.97 Å². The molecular weight excluding hydrogens is 252 g/mol. The summed E-state index contributed by atoms with van der Waals surface area (Å²) in [6.07, 6.45) is 3.62. The molecule has 1 aromatic heterocycles. The van der Waals surface area contributed by atoms with E-state index in [9.17, 15) is 4.79 Å². The first kappa shape index (κ1) is 14.1. The number of rotatable bonds is 5. The summed E-state index contributed by atoms with van der Waals surface area (Å²) in [5.41, 5.74) is 3.77. The molecule has 1 N–H and O–H groups in total. The van der Waals surface area contributed by atoms with Crippen molar-refractivity contribution in [3.05, 3.63) is 59.4 Å². The molecule has 0 bridgehead atoms. The van der Waals surface area contributed by atoms with Crippen LogP contribution in [0.25, 0.3) is 0 Å². The van der Waals surface area contributed by atoms with E-state index in [0.29, 0.717) is 18.7 Å². The summed E-state index contributed by atoms with van der Waals surface area (Å²) in [6, 6.07) is 9.29. The van der Waals surface area contributed by atoms with Crippen LogP contribution in [0.1, 0.15) is 28.4 Å². The van der Waals surface area contributed by atoms with Gasteiger partial charge in [0, 0.05) is 24.6 Å². The van der Waals surface area contributed by atoms with Gasteiger partial charge in [-0.15, -0.1) is 0 Å². The van der Waals surface area contributed by atoms with Crippen LogP contribution in [-0.2, 0) is 11.3 Å². The molecule has 0 saturated carbocycles. The Hall–Kier alpha value is -2.36. The minimum absolute atomic E-state index is 0.297. The Bertz CT molecular complexity index is 597. The highest BCUT2D eigenvalue weighted by Gasteiger charge is 2.06. The Morgan fingerprint density at radius 1 is 1.35 bits per heavy atom. The lowest BCUT2D eigenvalue weighted by molar-refractivity contribution is 0.0526. The van der Waals surface area contributed by atoms with E-state index in [2.05, 4.69) is 10.3 Å². The van der Waals surface area contributed by atoms with Crippen molar-refractivity contribution in [2.45, 2.75) is 20.4 Å². The van der Waals surface area contributed by atoms with Gasteiger partial charge in [-0.1, -0.05) is 6.07 Å². The van der Waals surface area contributed by atoms with Gasteiger partial charge in [-0.05, 0) is 49.2 Å². The van der Waals surface area contributed by atoms with E-state index >= 15 is 0 Å². The van der Waals surface area contributed by atoms with Crippen LogP contribution in [0.4, 0.5) is 5.69 Å². The van der Waals surface area contributed by atoms with Crippen molar-refractivity contribution in [1.82, 2.24) is 4.98 Å². The first-order chi connectivity index (χ1) is 9.70. The summed E-state index contributed by atoms with van der Waals surface area (Å²) in [4.78, 5) is 15.8.